The normalized spacial score (nSPS) is 21.1. The molecule has 0 bridgehead atoms. The second kappa shape index (κ2) is 10.3. The van der Waals surface area contributed by atoms with Crippen LogP contribution in [0.2, 0.25) is 0 Å². The van der Waals surface area contributed by atoms with Gasteiger partial charge in [-0.05, 0) is 26.2 Å². The molecule has 5 rings (SSSR count). The monoisotopic (exact) mass is 518 g/mol. The fraction of sp³-hybridized carbons (Fsp3) is 0.423. The highest BCUT2D eigenvalue weighted by Gasteiger charge is 2.41. The predicted octanol–water partition coefficient (Wildman–Crippen LogP) is 4.29. The van der Waals surface area contributed by atoms with Crippen molar-refractivity contribution in [3.8, 4) is 23.1 Å². The summed E-state index contributed by atoms with van der Waals surface area (Å²) in [5.74, 6) is 1.54. The first-order chi connectivity index (χ1) is 17.9. The van der Waals surface area contributed by atoms with Gasteiger partial charge in [-0.2, -0.15) is 15.3 Å². The highest BCUT2D eigenvalue weighted by Crippen LogP contribution is 2.44. The Morgan fingerprint density at radius 2 is 2.22 bits per heavy atom. The van der Waals surface area contributed by atoms with E-state index in [0.29, 0.717) is 39.8 Å². The van der Waals surface area contributed by atoms with Crippen LogP contribution in [-0.2, 0) is 6.54 Å². The second-order valence-electron chi connectivity index (χ2n) is 9.58. The highest BCUT2D eigenvalue weighted by molar-refractivity contribution is 7.16. The van der Waals surface area contributed by atoms with Crippen molar-refractivity contribution in [2.45, 2.75) is 45.7 Å². The first-order valence-corrected chi connectivity index (χ1v) is 13.1. The number of methoxy groups -OCH3 is 1. The maximum atomic E-state index is 9.35. The zero-order valence-electron chi connectivity index (χ0n) is 21.2. The number of nitrogens with zero attached hydrogens (tertiary/aromatic N) is 7. The molecule has 1 saturated heterocycles. The number of anilines is 3. The zero-order chi connectivity index (χ0) is 26.0. The molecule has 0 radical (unpaired) electrons. The van der Waals surface area contributed by atoms with Gasteiger partial charge in [0.15, 0.2) is 16.7 Å². The molecule has 0 amide bonds. The average molecular weight is 519 g/mol. The van der Waals surface area contributed by atoms with Crippen molar-refractivity contribution in [3.05, 3.63) is 47.3 Å². The van der Waals surface area contributed by atoms with Gasteiger partial charge in [-0.25, -0.2) is 9.97 Å². The summed E-state index contributed by atoms with van der Waals surface area (Å²) >= 11 is 1.25. The fourth-order valence-electron chi connectivity index (χ4n) is 5.01. The molecule has 4 heterocycles. The quantitative estimate of drug-likeness (QED) is 0.449. The van der Waals surface area contributed by atoms with Gasteiger partial charge in [0.05, 0.1) is 32.7 Å². The molecule has 192 valence electrons. The van der Waals surface area contributed by atoms with E-state index < -0.39 is 0 Å². The third-order valence-electron chi connectivity index (χ3n) is 7.00. The summed E-state index contributed by atoms with van der Waals surface area (Å²) in [4.78, 5) is 17.1. The van der Waals surface area contributed by atoms with Crippen LogP contribution in [0, 0.1) is 16.7 Å². The van der Waals surface area contributed by atoms with Crippen molar-refractivity contribution >= 4 is 28.2 Å². The lowest BCUT2D eigenvalue weighted by Gasteiger charge is -2.39. The number of aliphatic hydroxyl groups excluding tert-OH is 1. The molecule has 1 aliphatic heterocycles. The van der Waals surface area contributed by atoms with Crippen LogP contribution in [0.1, 0.15) is 38.0 Å². The van der Waals surface area contributed by atoms with E-state index in [-0.39, 0.29) is 18.1 Å². The minimum absolute atomic E-state index is 0.0131. The number of thiazole rings is 1. The smallest absolute Gasteiger partial charge is 0.228 e. The lowest BCUT2D eigenvalue weighted by Crippen LogP contribution is -2.43. The molecule has 37 heavy (non-hydrogen) atoms. The summed E-state index contributed by atoms with van der Waals surface area (Å²) in [6, 6.07) is 2.36. The lowest BCUT2D eigenvalue weighted by molar-refractivity contribution is 0.269. The SMILES string of the molecule is COc1c(Nc2ncc(C#N)s2)nc(N2CCC[C@H]2C2(C)C=CC(C)=CC2)nc1-c1cnn(CCO)c1. The Bertz CT molecular complexity index is 1390. The summed E-state index contributed by atoms with van der Waals surface area (Å²) in [6.45, 7) is 5.65. The molecule has 0 saturated carbocycles. The minimum atomic E-state index is -0.0317. The van der Waals surface area contributed by atoms with E-state index >= 15 is 0 Å². The standard InChI is InChI=1S/C26H30N8O2S/c1-17-6-8-26(2,9-7-17)20-5-4-10-34(20)24-30-21(18-14-29-33(16-18)11-12-35)22(36-3)23(31-24)32-25-28-15-19(13-27)37-25/h6-8,14-16,20,35H,4-5,9-12H2,1-3H3,(H,28,30,31,32)/t20-,26?/m0/s1. The third kappa shape index (κ3) is 4.95. The summed E-state index contributed by atoms with van der Waals surface area (Å²) in [5.41, 5.74) is 2.61. The van der Waals surface area contributed by atoms with E-state index in [0.717, 1.165) is 31.4 Å². The number of allylic oxidation sites excluding steroid dienone is 3. The molecule has 1 aliphatic carbocycles. The Kier molecular flexibility index (Phi) is 6.95. The molecule has 2 atom stereocenters. The Labute approximate surface area is 220 Å². The van der Waals surface area contributed by atoms with E-state index in [4.69, 9.17) is 14.7 Å². The van der Waals surface area contributed by atoms with Crippen molar-refractivity contribution in [1.82, 2.24) is 24.7 Å². The Hall–Kier alpha value is -3.75. The molecule has 0 spiro atoms. The van der Waals surface area contributed by atoms with Crippen molar-refractivity contribution in [2.24, 2.45) is 5.41 Å². The molecular formula is C26H30N8O2S. The average Bonchev–Trinajstić information content (AvgIpc) is 3.67. The van der Waals surface area contributed by atoms with Crippen molar-refractivity contribution in [3.63, 3.8) is 0 Å². The number of aromatic nitrogens is 5. The zero-order valence-corrected chi connectivity index (χ0v) is 22.0. The molecule has 2 aliphatic rings. The van der Waals surface area contributed by atoms with Crippen LogP contribution in [-0.4, -0.2) is 56.1 Å². The predicted molar refractivity (Wildman–Crippen MR) is 143 cm³/mol. The van der Waals surface area contributed by atoms with Crippen LogP contribution < -0.4 is 15.0 Å². The van der Waals surface area contributed by atoms with Gasteiger partial charge in [-0.1, -0.05) is 42.1 Å². The second-order valence-corrected chi connectivity index (χ2v) is 10.6. The molecule has 0 aromatic carbocycles. The molecule has 1 unspecified atom stereocenters. The van der Waals surface area contributed by atoms with Crippen LogP contribution in [0.15, 0.2) is 42.4 Å². The van der Waals surface area contributed by atoms with Crippen molar-refractivity contribution in [1.29, 1.82) is 5.26 Å². The van der Waals surface area contributed by atoms with Crippen LogP contribution in [0.5, 0.6) is 5.75 Å². The molecule has 11 heteroatoms. The number of ether oxygens (including phenoxy) is 1. The molecule has 3 aromatic rings. The van der Waals surface area contributed by atoms with E-state index in [1.165, 1.54) is 23.1 Å². The van der Waals surface area contributed by atoms with Gasteiger partial charge in [0, 0.05) is 29.8 Å². The van der Waals surface area contributed by atoms with Crippen molar-refractivity contribution < 1.29 is 9.84 Å². The van der Waals surface area contributed by atoms with Crippen molar-refractivity contribution in [2.75, 3.05) is 30.5 Å². The van der Waals surface area contributed by atoms with E-state index in [1.54, 1.807) is 18.0 Å². The van der Waals surface area contributed by atoms with Gasteiger partial charge in [0.2, 0.25) is 5.95 Å². The fourth-order valence-corrected chi connectivity index (χ4v) is 5.63. The first kappa shape index (κ1) is 24.9. The molecule has 3 aromatic heterocycles. The number of rotatable bonds is 8. The van der Waals surface area contributed by atoms with Crippen LogP contribution in [0.4, 0.5) is 16.9 Å². The maximum Gasteiger partial charge on any atom is 0.228 e. The van der Waals surface area contributed by atoms with E-state index in [9.17, 15) is 10.4 Å². The van der Waals surface area contributed by atoms with E-state index in [1.807, 2.05) is 6.20 Å². The lowest BCUT2D eigenvalue weighted by atomic mass is 9.75. The maximum absolute atomic E-state index is 9.35. The topological polar surface area (TPSA) is 125 Å². The Morgan fingerprint density at radius 1 is 1.35 bits per heavy atom. The van der Waals surface area contributed by atoms with Gasteiger partial charge < -0.3 is 20.1 Å². The number of nitrogens with one attached hydrogen (secondary N) is 1. The summed E-state index contributed by atoms with van der Waals surface area (Å²) in [7, 11) is 1.58. The summed E-state index contributed by atoms with van der Waals surface area (Å²) in [5, 5.41) is 26.7. The number of aliphatic hydroxyl groups is 1. The van der Waals surface area contributed by atoms with Crippen LogP contribution in [0.3, 0.4) is 0 Å². The molecule has 2 N–H and O–H groups in total. The number of nitriles is 1. The molecule has 1 fully saturated rings. The Balaban J connectivity index is 1.59. The summed E-state index contributed by atoms with van der Waals surface area (Å²) < 4.78 is 7.47. The van der Waals surface area contributed by atoms with E-state index in [2.05, 4.69) is 58.4 Å². The summed E-state index contributed by atoms with van der Waals surface area (Å²) in [6.07, 6.45) is 15.0. The van der Waals surface area contributed by atoms with Gasteiger partial charge in [-0.15, -0.1) is 0 Å². The molecule has 10 nitrogen and oxygen atoms in total. The minimum Gasteiger partial charge on any atom is -0.491 e. The Morgan fingerprint density at radius 3 is 2.92 bits per heavy atom. The van der Waals surface area contributed by atoms with Gasteiger partial charge in [0.1, 0.15) is 16.6 Å². The highest BCUT2D eigenvalue weighted by atomic mass is 32.1. The van der Waals surface area contributed by atoms with Gasteiger partial charge >= 0.3 is 0 Å². The van der Waals surface area contributed by atoms with Gasteiger partial charge in [0.25, 0.3) is 0 Å². The largest absolute Gasteiger partial charge is 0.491 e. The first-order valence-electron chi connectivity index (χ1n) is 12.3. The van der Waals surface area contributed by atoms with Crippen LogP contribution in [0.25, 0.3) is 11.3 Å². The number of hydrogen-bond acceptors (Lipinski definition) is 10. The number of hydrogen-bond donors (Lipinski definition) is 2. The molecular weight excluding hydrogens is 488 g/mol. The van der Waals surface area contributed by atoms with Crippen LogP contribution >= 0.6 is 11.3 Å². The third-order valence-corrected chi connectivity index (χ3v) is 7.81. The van der Waals surface area contributed by atoms with Gasteiger partial charge in [-0.3, -0.25) is 4.68 Å².